The third-order valence-electron chi connectivity index (χ3n) is 3.33. The van der Waals surface area contributed by atoms with Crippen LogP contribution in [0.25, 0.3) is 0 Å². The standard InChI is InChI=1S/C13H21N3/c1-10-6-4-9-13(14-10)15-16-11(2)7-5-8-12(16)3/h4,6,9,11-12H,5,7-8H2,1-3H3,(H,14,15). The molecule has 2 unspecified atom stereocenters. The van der Waals surface area contributed by atoms with E-state index in [1.807, 2.05) is 25.1 Å². The fourth-order valence-corrected chi connectivity index (χ4v) is 2.38. The Labute approximate surface area is 97.8 Å². The van der Waals surface area contributed by atoms with Gasteiger partial charge in [-0.05, 0) is 45.7 Å². The molecular formula is C13H21N3. The number of hydrogen-bond acceptors (Lipinski definition) is 3. The van der Waals surface area contributed by atoms with Crippen LogP contribution in [0, 0.1) is 6.92 Å². The molecule has 1 aliphatic rings. The zero-order chi connectivity index (χ0) is 11.5. The van der Waals surface area contributed by atoms with E-state index in [0.29, 0.717) is 12.1 Å². The van der Waals surface area contributed by atoms with Gasteiger partial charge >= 0.3 is 0 Å². The summed E-state index contributed by atoms with van der Waals surface area (Å²) in [5, 5.41) is 2.34. The Kier molecular flexibility index (Phi) is 3.44. The number of nitrogens with one attached hydrogen (secondary N) is 1. The maximum absolute atomic E-state index is 4.48. The van der Waals surface area contributed by atoms with Crippen LogP contribution in [0.15, 0.2) is 18.2 Å². The lowest BCUT2D eigenvalue weighted by atomic mass is 10.00. The Hall–Kier alpha value is -1.09. The molecule has 2 heterocycles. The first kappa shape index (κ1) is 11.4. The quantitative estimate of drug-likeness (QED) is 0.829. The normalized spacial score (nSPS) is 26.7. The van der Waals surface area contributed by atoms with E-state index in [0.717, 1.165) is 11.5 Å². The van der Waals surface area contributed by atoms with Gasteiger partial charge in [-0.15, -0.1) is 0 Å². The Bertz CT molecular complexity index is 341. The minimum Gasteiger partial charge on any atom is -0.303 e. The van der Waals surface area contributed by atoms with E-state index < -0.39 is 0 Å². The van der Waals surface area contributed by atoms with Gasteiger partial charge in [-0.3, -0.25) is 0 Å². The van der Waals surface area contributed by atoms with Crippen molar-refractivity contribution >= 4 is 5.82 Å². The van der Waals surface area contributed by atoms with E-state index in [-0.39, 0.29) is 0 Å². The van der Waals surface area contributed by atoms with Crippen LogP contribution in [0.5, 0.6) is 0 Å². The fourth-order valence-electron chi connectivity index (χ4n) is 2.38. The second-order valence-corrected chi connectivity index (χ2v) is 4.81. The third-order valence-corrected chi connectivity index (χ3v) is 3.33. The van der Waals surface area contributed by atoms with Gasteiger partial charge in [0.15, 0.2) is 0 Å². The highest BCUT2D eigenvalue weighted by molar-refractivity contribution is 5.34. The van der Waals surface area contributed by atoms with Gasteiger partial charge in [0.05, 0.1) is 0 Å². The number of pyridine rings is 1. The van der Waals surface area contributed by atoms with Crippen molar-refractivity contribution in [2.75, 3.05) is 5.43 Å². The lowest BCUT2D eigenvalue weighted by molar-refractivity contribution is 0.135. The van der Waals surface area contributed by atoms with Crippen molar-refractivity contribution in [3.05, 3.63) is 23.9 Å². The van der Waals surface area contributed by atoms with Crippen molar-refractivity contribution in [1.29, 1.82) is 0 Å². The molecule has 0 radical (unpaired) electrons. The summed E-state index contributed by atoms with van der Waals surface area (Å²) in [7, 11) is 0. The molecule has 0 amide bonds. The highest BCUT2D eigenvalue weighted by Crippen LogP contribution is 2.22. The maximum atomic E-state index is 4.48. The van der Waals surface area contributed by atoms with Crippen LogP contribution >= 0.6 is 0 Å². The van der Waals surface area contributed by atoms with Crippen molar-refractivity contribution in [2.45, 2.75) is 52.1 Å². The first-order valence-electron chi connectivity index (χ1n) is 6.15. The minimum absolute atomic E-state index is 0.589. The monoisotopic (exact) mass is 219 g/mol. The molecule has 2 rings (SSSR count). The highest BCUT2D eigenvalue weighted by atomic mass is 15.5. The van der Waals surface area contributed by atoms with Crippen molar-refractivity contribution < 1.29 is 0 Å². The van der Waals surface area contributed by atoms with Crippen LogP contribution in [0.4, 0.5) is 5.82 Å². The second-order valence-electron chi connectivity index (χ2n) is 4.81. The summed E-state index contributed by atoms with van der Waals surface area (Å²) in [6, 6.07) is 7.27. The van der Waals surface area contributed by atoms with Crippen molar-refractivity contribution in [2.24, 2.45) is 0 Å². The fraction of sp³-hybridized carbons (Fsp3) is 0.615. The number of nitrogens with zero attached hydrogens (tertiary/aromatic N) is 2. The van der Waals surface area contributed by atoms with Crippen LogP contribution in [-0.2, 0) is 0 Å². The average molecular weight is 219 g/mol. The SMILES string of the molecule is Cc1cccc(NN2C(C)CCCC2C)n1. The average Bonchev–Trinajstić information content (AvgIpc) is 2.24. The van der Waals surface area contributed by atoms with E-state index in [1.54, 1.807) is 0 Å². The molecule has 3 nitrogen and oxygen atoms in total. The summed E-state index contributed by atoms with van der Waals surface area (Å²) >= 11 is 0. The Morgan fingerprint density at radius 1 is 1.25 bits per heavy atom. The second kappa shape index (κ2) is 4.83. The number of hydrazine groups is 1. The molecule has 16 heavy (non-hydrogen) atoms. The number of rotatable bonds is 2. The molecule has 0 saturated carbocycles. The highest BCUT2D eigenvalue weighted by Gasteiger charge is 2.24. The lowest BCUT2D eigenvalue weighted by Gasteiger charge is -2.39. The Morgan fingerprint density at radius 3 is 2.56 bits per heavy atom. The largest absolute Gasteiger partial charge is 0.303 e. The molecule has 1 saturated heterocycles. The predicted molar refractivity (Wildman–Crippen MR) is 67.2 cm³/mol. The third kappa shape index (κ3) is 2.53. The summed E-state index contributed by atoms with van der Waals surface area (Å²) in [6.07, 6.45) is 3.87. The van der Waals surface area contributed by atoms with Gasteiger partial charge in [0, 0.05) is 17.8 Å². The van der Waals surface area contributed by atoms with Crippen molar-refractivity contribution in [1.82, 2.24) is 9.99 Å². The number of aryl methyl sites for hydroxylation is 1. The van der Waals surface area contributed by atoms with Gasteiger partial charge < -0.3 is 5.43 Å². The summed E-state index contributed by atoms with van der Waals surface area (Å²) in [5.74, 6) is 0.959. The molecule has 0 aliphatic carbocycles. The molecule has 2 atom stereocenters. The summed E-state index contributed by atoms with van der Waals surface area (Å²) in [4.78, 5) is 4.48. The van der Waals surface area contributed by atoms with Crippen LogP contribution in [-0.4, -0.2) is 22.1 Å². The molecule has 1 aromatic rings. The summed E-state index contributed by atoms with van der Waals surface area (Å²) in [6.45, 7) is 6.57. The van der Waals surface area contributed by atoms with E-state index in [2.05, 4.69) is 29.3 Å². The maximum Gasteiger partial charge on any atom is 0.140 e. The van der Waals surface area contributed by atoms with Gasteiger partial charge in [-0.25, -0.2) is 9.99 Å². The first-order valence-corrected chi connectivity index (χ1v) is 6.15. The van der Waals surface area contributed by atoms with Crippen molar-refractivity contribution in [3.63, 3.8) is 0 Å². The molecule has 0 aromatic carbocycles. The molecule has 3 heteroatoms. The number of aromatic nitrogens is 1. The van der Waals surface area contributed by atoms with Crippen molar-refractivity contribution in [3.8, 4) is 0 Å². The molecule has 0 spiro atoms. The Balaban J connectivity index is 2.07. The summed E-state index contributed by atoms with van der Waals surface area (Å²) < 4.78 is 0. The van der Waals surface area contributed by atoms with E-state index in [4.69, 9.17) is 0 Å². The predicted octanol–water partition coefficient (Wildman–Crippen LogP) is 2.98. The zero-order valence-electron chi connectivity index (χ0n) is 10.4. The van der Waals surface area contributed by atoms with Gasteiger partial charge in [0.2, 0.25) is 0 Å². The molecule has 1 aromatic heterocycles. The van der Waals surface area contributed by atoms with E-state index in [1.165, 1.54) is 19.3 Å². The number of piperidine rings is 1. The lowest BCUT2D eigenvalue weighted by Crippen LogP contribution is -2.47. The number of anilines is 1. The minimum atomic E-state index is 0.589. The molecule has 1 aliphatic heterocycles. The summed E-state index contributed by atoms with van der Waals surface area (Å²) in [5.41, 5.74) is 4.50. The molecule has 1 fully saturated rings. The first-order chi connectivity index (χ1) is 7.66. The van der Waals surface area contributed by atoms with Gasteiger partial charge in [0.25, 0.3) is 0 Å². The van der Waals surface area contributed by atoms with Gasteiger partial charge in [0.1, 0.15) is 5.82 Å². The van der Waals surface area contributed by atoms with Gasteiger partial charge in [-0.2, -0.15) is 0 Å². The van der Waals surface area contributed by atoms with E-state index in [9.17, 15) is 0 Å². The molecule has 1 N–H and O–H groups in total. The smallest absolute Gasteiger partial charge is 0.140 e. The Morgan fingerprint density at radius 2 is 1.94 bits per heavy atom. The van der Waals surface area contributed by atoms with Crippen LogP contribution in [0.2, 0.25) is 0 Å². The molecule has 88 valence electrons. The van der Waals surface area contributed by atoms with Gasteiger partial charge in [-0.1, -0.05) is 12.5 Å². The van der Waals surface area contributed by atoms with Crippen LogP contribution < -0.4 is 5.43 Å². The van der Waals surface area contributed by atoms with Crippen LogP contribution in [0.1, 0.15) is 38.8 Å². The zero-order valence-corrected chi connectivity index (χ0v) is 10.4. The van der Waals surface area contributed by atoms with Crippen LogP contribution in [0.3, 0.4) is 0 Å². The van der Waals surface area contributed by atoms with E-state index >= 15 is 0 Å². The number of hydrogen-bond donors (Lipinski definition) is 1. The topological polar surface area (TPSA) is 28.2 Å². The molecular weight excluding hydrogens is 198 g/mol. The molecule has 0 bridgehead atoms.